The fraction of sp³-hybridized carbons (Fsp3) is 0.381. The first-order valence-electron chi connectivity index (χ1n) is 9.28. The summed E-state index contributed by atoms with van der Waals surface area (Å²) in [5.41, 5.74) is 1.82. The van der Waals surface area contributed by atoms with E-state index in [2.05, 4.69) is 4.98 Å². The number of rotatable bonds is 2. The SMILES string of the molecule is Cc1ccc(C(=O)N2CCCC3(C2)CN(c2ccccc2)C(=O)CO3)cn1. The van der Waals surface area contributed by atoms with Crippen LogP contribution in [-0.4, -0.2) is 53.5 Å². The number of nitrogens with zero attached hydrogens (tertiary/aromatic N) is 3. The van der Waals surface area contributed by atoms with E-state index in [9.17, 15) is 9.59 Å². The average Bonchev–Trinajstić information content (AvgIpc) is 2.71. The van der Waals surface area contributed by atoms with Gasteiger partial charge in [0.15, 0.2) is 0 Å². The Morgan fingerprint density at radius 3 is 2.70 bits per heavy atom. The van der Waals surface area contributed by atoms with Crippen molar-refractivity contribution in [1.29, 1.82) is 0 Å². The molecule has 4 rings (SSSR count). The molecule has 1 aromatic heterocycles. The first kappa shape index (κ1) is 17.7. The first-order valence-corrected chi connectivity index (χ1v) is 9.28. The Morgan fingerprint density at radius 2 is 1.96 bits per heavy atom. The van der Waals surface area contributed by atoms with E-state index < -0.39 is 5.60 Å². The van der Waals surface area contributed by atoms with Crippen molar-refractivity contribution in [1.82, 2.24) is 9.88 Å². The predicted molar refractivity (Wildman–Crippen MR) is 102 cm³/mol. The molecule has 2 aliphatic heterocycles. The standard InChI is InChI=1S/C21H23N3O3/c1-16-8-9-17(12-22-16)20(26)23-11-5-10-21(14-23)15-24(19(25)13-27-21)18-6-3-2-4-7-18/h2-4,6-9,12H,5,10-11,13-15H2,1H3. The smallest absolute Gasteiger partial charge is 0.255 e. The number of hydrogen-bond acceptors (Lipinski definition) is 4. The maximum atomic E-state index is 12.9. The Labute approximate surface area is 158 Å². The van der Waals surface area contributed by atoms with Crippen LogP contribution < -0.4 is 4.90 Å². The van der Waals surface area contributed by atoms with E-state index in [0.717, 1.165) is 24.2 Å². The summed E-state index contributed by atoms with van der Waals surface area (Å²) in [7, 11) is 0. The molecule has 2 aromatic rings. The summed E-state index contributed by atoms with van der Waals surface area (Å²) in [6, 6.07) is 13.3. The van der Waals surface area contributed by atoms with Gasteiger partial charge in [-0.25, -0.2) is 0 Å². The summed E-state index contributed by atoms with van der Waals surface area (Å²) in [6.07, 6.45) is 3.31. The zero-order chi connectivity index (χ0) is 18.9. The lowest BCUT2D eigenvalue weighted by atomic mass is 9.90. The van der Waals surface area contributed by atoms with Gasteiger partial charge in [0.05, 0.1) is 18.7 Å². The highest BCUT2D eigenvalue weighted by atomic mass is 16.5. The topological polar surface area (TPSA) is 62.7 Å². The molecule has 140 valence electrons. The number of anilines is 1. The van der Waals surface area contributed by atoms with Gasteiger partial charge in [-0.3, -0.25) is 14.6 Å². The molecule has 2 fully saturated rings. The molecular weight excluding hydrogens is 342 g/mol. The van der Waals surface area contributed by atoms with E-state index in [4.69, 9.17) is 4.74 Å². The van der Waals surface area contributed by atoms with Crippen LogP contribution in [0, 0.1) is 6.92 Å². The number of aryl methyl sites for hydroxylation is 1. The van der Waals surface area contributed by atoms with E-state index >= 15 is 0 Å². The van der Waals surface area contributed by atoms with Crippen molar-refractivity contribution < 1.29 is 14.3 Å². The van der Waals surface area contributed by atoms with Crippen molar-refractivity contribution >= 4 is 17.5 Å². The number of benzene rings is 1. The molecule has 0 radical (unpaired) electrons. The quantitative estimate of drug-likeness (QED) is 0.820. The molecule has 6 nitrogen and oxygen atoms in total. The van der Waals surface area contributed by atoms with Crippen molar-refractivity contribution in [2.75, 3.05) is 31.1 Å². The van der Waals surface area contributed by atoms with Gasteiger partial charge in [0.1, 0.15) is 12.2 Å². The third-order valence-electron chi connectivity index (χ3n) is 5.30. The van der Waals surface area contributed by atoms with Crippen molar-refractivity contribution in [3.05, 3.63) is 59.9 Å². The van der Waals surface area contributed by atoms with Crippen LogP contribution in [0.4, 0.5) is 5.69 Å². The average molecular weight is 365 g/mol. The van der Waals surface area contributed by atoms with E-state index in [1.165, 1.54) is 0 Å². The van der Waals surface area contributed by atoms with Crippen LogP contribution in [-0.2, 0) is 9.53 Å². The number of ether oxygens (including phenoxy) is 1. The van der Waals surface area contributed by atoms with E-state index in [1.54, 1.807) is 11.1 Å². The molecule has 1 aromatic carbocycles. The van der Waals surface area contributed by atoms with Gasteiger partial charge in [0.2, 0.25) is 0 Å². The molecule has 1 atom stereocenters. The van der Waals surface area contributed by atoms with Crippen LogP contribution in [0.1, 0.15) is 28.9 Å². The lowest BCUT2D eigenvalue weighted by Gasteiger charge is -2.47. The lowest BCUT2D eigenvalue weighted by Crippen LogP contribution is -2.62. The second-order valence-electron chi connectivity index (χ2n) is 7.31. The van der Waals surface area contributed by atoms with Gasteiger partial charge in [0.25, 0.3) is 11.8 Å². The van der Waals surface area contributed by atoms with Gasteiger partial charge in [-0.15, -0.1) is 0 Å². The van der Waals surface area contributed by atoms with E-state index in [1.807, 2.05) is 54.3 Å². The normalized spacial score (nSPS) is 22.9. The third-order valence-corrected chi connectivity index (χ3v) is 5.30. The third kappa shape index (κ3) is 3.57. The molecule has 6 heteroatoms. The lowest BCUT2D eigenvalue weighted by molar-refractivity contribution is -0.144. The molecule has 3 heterocycles. The molecular formula is C21H23N3O3. The van der Waals surface area contributed by atoms with Gasteiger partial charge >= 0.3 is 0 Å². The number of carbonyl (C=O) groups excluding carboxylic acids is 2. The van der Waals surface area contributed by atoms with Crippen LogP contribution >= 0.6 is 0 Å². The van der Waals surface area contributed by atoms with E-state index in [-0.39, 0.29) is 18.4 Å². The Kier molecular flexibility index (Phi) is 4.66. The first-order chi connectivity index (χ1) is 13.1. The van der Waals surface area contributed by atoms with E-state index in [0.29, 0.717) is 25.2 Å². The number of hydrogen-bond donors (Lipinski definition) is 0. The molecule has 2 aliphatic rings. The largest absolute Gasteiger partial charge is 0.361 e. The highest BCUT2D eigenvalue weighted by Gasteiger charge is 2.44. The number of amides is 2. The molecule has 2 amide bonds. The van der Waals surface area contributed by atoms with Gasteiger partial charge in [0, 0.05) is 24.1 Å². The summed E-state index contributed by atoms with van der Waals surface area (Å²) >= 11 is 0. The Morgan fingerprint density at radius 1 is 1.15 bits per heavy atom. The van der Waals surface area contributed by atoms with Gasteiger partial charge < -0.3 is 14.5 Å². The maximum Gasteiger partial charge on any atom is 0.255 e. The monoisotopic (exact) mass is 365 g/mol. The summed E-state index contributed by atoms with van der Waals surface area (Å²) < 4.78 is 6.01. The molecule has 2 saturated heterocycles. The molecule has 0 aliphatic carbocycles. The van der Waals surface area contributed by atoms with Crippen molar-refractivity contribution in [2.24, 2.45) is 0 Å². The van der Waals surface area contributed by atoms with Crippen LogP contribution in [0.25, 0.3) is 0 Å². The number of likely N-dealkylation sites (tertiary alicyclic amines) is 1. The zero-order valence-corrected chi connectivity index (χ0v) is 15.4. The van der Waals surface area contributed by atoms with Gasteiger partial charge in [-0.1, -0.05) is 18.2 Å². The maximum absolute atomic E-state index is 12.9. The van der Waals surface area contributed by atoms with Crippen LogP contribution in [0.3, 0.4) is 0 Å². The Balaban J connectivity index is 1.53. The minimum Gasteiger partial charge on any atom is -0.361 e. The minimum atomic E-state index is -0.518. The molecule has 0 saturated carbocycles. The van der Waals surface area contributed by atoms with Crippen molar-refractivity contribution in [2.45, 2.75) is 25.4 Å². The second kappa shape index (κ2) is 7.12. The number of aromatic nitrogens is 1. The molecule has 1 unspecified atom stereocenters. The fourth-order valence-corrected chi connectivity index (χ4v) is 3.85. The summed E-state index contributed by atoms with van der Waals surface area (Å²) in [6.45, 7) is 3.58. The predicted octanol–water partition coefficient (Wildman–Crippen LogP) is 2.43. The Hall–Kier alpha value is -2.73. The van der Waals surface area contributed by atoms with Crippen molar-refractivity contribution in [3.8, 4) is 0 Å². The molecule has 0 N–H and O–H groups in total. The summed E-state index contributed by atoms with van der Waals surface area (Å²) in [4.78, 5) is 33.1. The summed E-state index contributed by atoms with van der Waals surface area (Å²) in [5.74, 6) is -0.0775. The molecule has 1 spiro atoms. The van der Waals surface area contributed by atoms with Crippen LogP contribution in [0.15, 0.2) is 48.7 Å². The fourth-order valence-electron chi connectivity index (χ4n) is 3.85. The van der Waals surface area contributed by atoms with Crippen LogP contribution in [0.5, 0.6) is 0 Å². The zero-order valence-electron chi connectivity index (χ0n) is 15.4. The number of carbonyl (C=O) groups is 2. The molecule has 0 bridgehead atoms. The van der Waals surface area contributed by atoms with Gasteiger partial charge in [-0.05, 0) is 44.0 Å². The number of pyridine rings is 1. The molecule has 27 heavy (non-hydrogen) atoms. The van der Waals surface area contributed by atoms with Crippen molar-refractivity contribution in [3.63, 3.8) is 0 Å². The number of para-hydroxylation sites is 1. The second-order valence-corrected chi connectivity index (χ2v) is 7.31. The van der Waals surface area contributed by atoms with Gasteiger partial charge in [-0.2, -0.15) is 0 Å². The minimum absolute atomic E-state index is 0.0339. The Bertz CT molecular complexity index is 838. The van der Waals surface area contributed by atoms with Crippen LogP contribution in [0.2, 0.25) is 0 Å². The number of morpholine rings is 1. The number of piperidine rings is 1. The highest BCUT2D eigenvalue weighted by molar-refractivity contribution is 5.96. The summed E-state index contributed by atoms with van der Waals surface area (Å²) in [5, 5.41) is 0. The highest BCUT2D eigenvalue weighted by Crippen LogP contribution is 2.32.